The fraction of sp³-hybridized carbons (Fsp3) is 0.429. The number of benzene rings is 1. The van der Waals surface area contributed by atoms with Crippen LogP contribution >= 0.6 is 0 Å². The monoisotopic (exact) mass is 263 g/mol. The van der Waals surface area contributed by atoms with E-state index in [-0.39, 0.29) is 19.2 Å². The summed E-state index contributed by atoms with van der Waals surface area (Å²) in [4.78, 5) is 24.9. The van der Waals surface area contributed by atoms with Crippen LogP contribution < -0.4 is 0 Å². The first kappa shape index (κ1) is 13.4. The summed E-state index contributed by atoms with van der Waals surface area (Å²) in [7, 11) is 0. The molecule has 0 spiro atoms. The van der Waals surface area contributed by atoms with E-state index in [1.165, 1.54) is 4.90 Å². The van der Waals surface area contributed by atoms with Gasteiger partial charge in [0.2, 0.25) is 6.10 Å². The Kier molecular flexibility index (Phi) is 4.04. The van der Waals surface area contributed by atoms with Gasteiger partial charge in [-0.05, 0) is 19.4 Å². The average molecular weight is 263 g/mol. The highest BCUT2D eigenvalue weighted by Gasteiger charge is 2.39. The number of cyclic esters (lactones) is 1. The number of nitrogens with zero attached hydrogens (tertiary/aromatic N) is 1. The van der Waals surface area contributed by atoms with E-state index < -0.39 is 18.2 Å². The molecule has 5 nitrogen and oxygen atoms in total. The fourth-order valence-corrected chi connectivity index (χ4v) is 2.07. The fourth-order valence-electron chi connectivity index (χ4n) is 2.07. The lowest BCUT2D eigenvalue weighted by molar-refractivity contribution is -0.151. The summed E-state index contributed by atoms with van der Waals surface area (Å²) in [5.74, 6) is -0.487. The number of carbonyl (C=O) groups excluding carboxylic acids is 2. The first-order chi connectivity index (χ1) is 9.13. The molecule has 1 heterocycles. The van der Waals surface area contributed by atoms with E-state index in [4.69, 9.17) is 9.47 Å². The van der Waals surface area contributed by atoms with Crippen LogP contribution in [0.2, 0.25) is 0 Å². The lowest BCUT2D eigenvalue weighted by Crippen LogP contribution is -2.31. The molecule has 0 unspecified atom stereocenters. The first-order valence-electron chi connectivity index (χ1n) is 6.32. The topological polar surface area (TPSA) is 55.8 Å². The van der Waals surface area contributed by atoms with Crippen molar-refractivity contribution in [2.24, 2.45) is 0 Å². The Bertz CT molecular complexity index is 460. The highest BCUT2D eigenvalue weighted by molar-refractivity contribution is 5.82. The molecule has 1 amide bonds. The van der Waals surface area contributed by atoms with Crippen molar-refractivity contribution in [3.63, 3.8) is 0 Å². The summed E-state index contributed by atoms with van der Waals surface area (Å²) >= 11 is 0. The van der Waals surface area contributed by atoms with Crippen LogP contribution in [0.5, 0.6) is 0 Å². The zero-order chi connectivity index (χ0) is 13.8. The zero-order valence-electron chi connectivity index (χ0n) is 11.0. The van der Waals surface area contributed by atoms with Crippen molar-refractivity contribution in [3.8, 4) is 0 Å². The Morgan fingerprint density at radius 1 is 1.47 bits per heavy atom. The predicted octanol–water partition coefficient (Wildman–Crippen LogP) is 2.13. The van der Waals surface area contributed by atoms with Crippen molar-refractivity contribution in [3.05, 3.63) is 35.9 Å². The number of rotatable bonds is 4. The Balaban J connectivity index is 2.06. The van der Waals surface area contributed by atoms with Crippen molar-refractivity contribution in [1.29, 1.82) is 0 Å². The molecular formula is C14H17NO4. The van der Waals surface area contributed by atoms with Gasteiger partial charge in [-0.15, -0.1) is 0 Å². The van der Waals surface area contributed by atoms with Crippen molar-refractivity contribution >= 4 is 12.1 Å². The molecule has 0 saturated carbocycles. The maximum Gasteiger partial charge on any atom is 0.411 e. The van der Waals surface area contributed by atoms with E-state index in [0.29, 0.717) is 0 Å². The Morgan fingerprint density at radius 2 is 2.16 bits per heavy atom. The molecule has 1 aromatic carbocycles. The number of carbonyl (C=O) groups is 2. The van der Waals surface area contributed by atoms with Crippen LogP contribution in [-0.2, 0) is 14.3 Å². The summed E-state index contributed by atoms with van der Waals surface area (Å²) in [6.07, 6.45) is -1.30. The van der Waals surface area contributed by atoms with Crippen LogP contribution in [0.3, 0.4) is 0 Å². The molecule has 0 aromatic heterocycles. The number of ether oxygens (including phenoxy) is 2. The van der Waals surface area contributed by atoms with E-state index in [1.807, 2.05) is 37.3 Å². The summed E-state index contributed by atoms with van der Waals surface area (Å²) < 4.78 is 9.91. The van der Waals surface area contributed by atoms with Gasteiger partial charge < -0.3 is 9.47 Å². The number of hydrogen-bond acceptors (Lipinski definition) is 4. The van der Waals surface area contributed by atoms with Gasteiger partial charge in [-0.1, -0.05) is 30.3 Å². The Labute approximate surface area is 112 Å². The second-order valence-electron chi connectivity index (χ2n) is 4.36. The van der Waals surface area contributed by atoms with Gasteiger partial charge in [0.25, 0.3) is 0 Å². The molecular weight excluding hydrogens is 246 g/mol. The van der Waals surface area contributed by atoms with Gasteiger partial charge in [0.05, 0.1) is 19.2 Å². The largest absolute Gasteiger partial charge is 0.463 e. The molecule has 1 aliphatic rings. The second-order valence-corrected chi connectivity index (χ2v) is 4.36. The highest BCUT2D eigenvalue weighted by atomic mass is 16.6. The molecule has 0 N–H and O–H groups in total. The molecule has 0 aliphatic carbocycles. The number of hydrogen-bond donors (Lipinski definition) is 0. The molecule has 2 rings (SSSR count). The molecule has 5 heteroatoms. The lowest BCUT2D eigenvalue weighted by atomic mass is 10.1. The average Bonchev–Trinajstić information content (AvgIpc) is 2.81. The van der Waals surface area contributed by atoms with Gasteiger partial charge in [0.15, 0.2) is 0 Å². The summed E-state index contributed by atoms with van der Waals surface area (Å²) in [6, 6.07) is 9.49. The Morgan fingerprint density at radius 3 is 2.79 bits per heavy atom. The third-order valence-electron chi connectivity index (χ3n) is 3.14. The number of esters is 1. The minimum atomic E-state index is -0.821. The van der Waals surface area contributed by atoms with E-state index in [2.05, 4.69) is 0 Å². The van der Waals surface area contributed by atoms with Gasteiger partial charge in [0.1, 0.15) is 0 Å². The maximum absolute atomic E-state index is 11.8. The van der Waals surface area contributed by atoms with E-state index in [0.717, 1.165) is 5.56 Å². The van der Waals surface area contributed by atoms with Gasteiger partial charge in [-0.3, -0.25) is 4.90 Å². The van der Waals surface area contributed by atoms with Crippen LogP contribution in [0.4, 0.5) is 4.79 Å². The third kappa shape index (κ3) is 2.86. The summed E-state index contributed by atoms with van der Waals surface area (Å²) in [5.41, 5.74) is 1.00. The van der Waals surface area contributed by atoms with Crippen LogP contribution in [0.25, 0.3) is 0 Å². The van der Waals surface area contributed by atoms with Gasteiger partial charge in [-0.2, -0.15) is 0 Å². The van der Waals surface area contributed by atoms with Crippen molar-refractivity contribution < 1.29 is 19.1 Å². The van der Waals surface area contributed by atoms with E-state index >= 15 is 0 Å². The second kappa shape index (κ2) is 5.73. The van der Waals surface area contributed by atoms with Gasteiger partial charge >= 0.3 is 12.1 Å². The molecule has 1 fully saturated rings. The van der Waals surface area contributed by atoms with Crippen LogP contribution in [0, 0.1) is 0 Å². The SMILES string of the molecule is CCOC(=O)[C@@H]1CN([C@H](C)c2ccccc2)C(=O)O1. The van der Waals surface area contributed by atoms with Crippen molar-refractivity contribution in [1.82, 2.24) is 4.90 Å². The maximum atomic E-state index is 11.8. The lowest BCUT2D eigenvalue weighted by Gasteiger charge is -2.21. The smallest absolute Gasteiger partial charge is 0.411 e. The molecule has 0 radical (unpaired) electrons. The molecule has 0 bridgehead atoms. The standard InChI is InChI=1S/C14H17NO4/c1-3-18-13(16)12-9-15(14(17)19-12)10(2)11-7-5-4-6-8-11/h4-8,10,12H,3,9H2,1-2H3/t10-,12+/m1/s1. The molecule has 1 aliphatic heterocycles. The first-order valence-corrected chi connectivity index (χ1v) is 6.32. The van der Waals surface area contributed by atoms with Gasteiger partial charge in [-0.25, -0.2) is 9.59 Å². The summed E-state index contributed by atoms with van der Waals surface area (Å²) in [6.45, 7) is 4.14. The highest BCUT2D eigenvalue weighted by Crippen LogP contribution is 2.25. The van der Waals surface area contributed by atoms with Gasteiger partial charge in [0, 0.05) is 0 Å². The minimum Gasteiger partial charge on any atom is -0.463 e. The third-order valence-corrected chi connectivity index (χ3v) is 3.14. The van der Waals surface area contributed by atoms with Crippen LogP contribution in [-0.4, -0.2) is 36.2 Å². The Hall–Kier alpha value is -2.04. The van der Waals surface area contributed by atoms with E-state index in [1.54, 1.807) is 6.92 Å². The minimum absolute atomic E-state index is 0.131. The summed E-state index contributed by atoms with van der Waals surface area (Å²) in [5, 5.41) is 0. The van der Waals surface area contributed by atoms with E-state index in [9.17, 15) is 9.59 Å². The quantitative estimate of drug-likeness (QED) is 0.781. The predicted molar refractivity (Wildman–Crippen MR) is 68.5 cm³/mol. The van der Waals surface area contributed by atoms with Crippen molar-refractivity contribution in [2.45, 2.75) is 26.0 Å². The van der Waals surface area contributed by atoms with Crippen LogP contribution in [0.15, 0.2) is 30.3 Å². The normalized spacial score (nSPS) is 20.0. The molecule has 1 aromatic rings. The molecule has 1 saturated heterocycles. The molecule has 2 atom stereocenters. The molecule has 19 heavy (non-hydrogen) atoms. The number of amides is 1. The zero-order valence-corrected chi connectivity index (χ0v) is 11.0. The molecule has 102 valence electrons. The van der Waals surface area contributed by atoms with Crippen molar-refractivity contribution in [2.75, 3.05) is 13.2 Å². The van der Waals surface area contributed by atoms with Crippen LogP contribution in [0.1, 0.15) is 25.5 Å².